The molecule has 1 aliphatic rings. The van der Waals surface area contributed by atoms with Gasteiger partial charge in [0, 0.05) is 18.2 Å². The zero-order valence-corrected chi connectivity index (χ0v) is 10.8. The fourth-order valence-corrected chi connectivity index (χ4v) is 2.01. The van der Waals surface area contributed by atoms with E-state index < -0.39 is 23.6 Å². The van der Waals surface area contributed by atoms with Crippen molar-refractivity contribution in [3.8, 4) is 0 Å². The smallest absolute Gasteiger partial charge is 0.254 e. The number of benzene rings is 1. The van der Waals surface area contributed by atoms with E-state index in [2.05, 4.69) is 0 Å². The maximum Gasteiger partial charge on any atom is 0.254 e. The summed E-state index contributed by atoms with van der Waals surface area (Å²) >= 11 is 4.81. The van der Waals surface area contributed by atoms with Gasteiger partial charge in [0.1, 0.15) is 22.7 Å². The molecule has 1 aromatic carbocycles. The van der Waals surface area contributed by atoms with E-state index in [1.165, 1.54) is 4.90 Å². The van der Waals surface area contributed by atoms with Crippen LogP contribution in [0.3, 0.4) is 0 Å². The molecular formula is C12H12F2N2O2S. The van der Waals surface area contributed by atoms with Crippen molar-refractivity contribution in [3.63, 3.8) is 0 Å². The number of morpholine rings is 1. The lowest BCUT2D eigenvalue weighted by Crippen LogP contribution is -2.49. The zero-order valence-electron chi connectivity index (χ0n) is 9.94. The summed E-state index contributed by atoms with van der Waals surface area (Å²) in [5.74, 6) is -2.05. The minimum absolute atomic E-state index is 0.0407. The molecule has 0 aromatic heterocycles. The van der Waals surface area contributed by atoms with Gasteiger partial charge in [-0.25, -0.2) is 8.78 Å². The third kappa shape index (κ3) is 3.24. The molecule has 19 heavy (non-hydrogen) atoms. The van der Waals surface area contributed by atoms with E-state index in [0.717, 1.165) is 12.1 Å². The summed E-state index contributed by atoms with van der Waals surface area (Å²) < 4.78 is 31.5. The van der Waals surface area contributed by atoms with Gasteiger partial charge in [0.15, 0.2) is 0 Å². The predicted molar refractivity (Wildman–Crippen MR) is 68.8 cm³/mol. The number of thiocarbonyl (C=S) groups is 1. The van der Waals surface area contributed by atoms with Gasteiger partial charge in [-0.05, 0) is 12.1 Å². The lowest BCUT2D eigenvalue weighted by molar-refractivity contribution is 0.00875. The Hall–Kier alpha value is -1.60. The number of nitrogens with zero attached hydrogens (tertiary/aromatic N) is 1. The van der Waals surface area contributed by atoms with Crippen LogP contribution in [0.4, 0.5) is 8.78 Å². The molecule has 1 fully saturated rings. The number of carbonyl (C=O) groups excluding carboxylic acids is 1. The molecule has 1 aliphatic heterocycles. The van der Waals surface area contributed by atoms with Crippen molar-refractivity contribution in [3.05, 3.63) is 35.4 Å². The monoisotopic (exact) mass is 286 g/mol. The standard InChI is InChI=1S/C12H12F2N2O2S/c13-8-3-7(4-9(14)5-8)12(17)16-1-2-18-10(6-16)11(15)19/h3-5,10H,1-2,6H2,(H2,15,19). The van der Waals surface area contributed by atoms with Crippen molar-refractivity contribution in [1.29, 1.82) is 0 Å². The predicted octanol–water partition coefficient (Wildman–Crippen LogP) is 1.09. The van der Waals surface area contributed by atoms with Gasteiger partial charge in [-0.2, -0.15) is 0 Å². The SMILES string of the molecule is NC(=S)C1CN(C(=O)c2cc(F)cc(F)c2)CCO1. The van der Waals surface area contributed by atoms with Crippen LogP contribution in [0, 0.1) is 11.6 Å². The van der Waals surface area contributed by atoms with Crippen molar-refractivity contribution < 1.29 is 18.3 Å². The topological polar surface area (TPSA) is 55.6 Å². The number of halogens is 2. The summed E-state index contributed by atoms with van der Waals surface area (Å²) in [6.07, 6.45) is -0.522. The molecule has 0 aliphatic carbocycles. The van der Waals surface area contributed by atoms with E-state index in [9.17, 15) is 13.6 Å². The van der Waals surface area contributed by atoms with E-state index in [4.69, 9.17) is 22.7 Å². The molecule has 0 spiro atoms. The largest absolute Gasteiger partial charge is 0.391 e. The maximum absolute atomic E-state index is 13.1. The Labute approximate surface area is 114 Å². The average molecular weight is 286 g/mol. The molecule has 102 valence electrons. The van der Waals surface area contributed by atoms with Crippen LogP contribution >= 0.6 is 12.2 Å². The summed E-state index contributed by atoms with van der Waals surface area (Å²) in [4.78, 5) is 13.7. The molecule has 0 radical (unpaired) electrons. The van der Waals surface area contributed by atoms with Crippen molar-refractivity contribution >= 4 is 23.1 Å². The molecule has 0 bridgehead atoms. The van der Waals surface area contributed by atoms with E-state index in [-0.39, 0.29) is 23.7 Å². The van der Waals surface area contributed by atoms with Gasteiger partial charge in [0.05, 0.1) is 13.2 Å². The molecule has 1 atom stereocenters. The number of rotatable bonds is 2. The Morgan fingerprint density at radius 3 is 2.58 bits per heavy atom. The van der Waals surface area contributed by atoms with Crippen LogP contribution in [0.1, 0.15) is 10.4 Å². The minimum atomic E-state index is -0.789. The van der Waals surface area contributed by atoms with Crippen LogP contribution in [-0.4, -0.2) is 41.6 Å². The zero-order chi connectivity index (χ0) is 14.0. The maximum atomic E-state index is 13.1. The highest BCUT2D eigenvalue weighted by atomic mass is 32.1. The second kappa shape index (κ2) is 5.58. The summed E-state index contributed by atoms with van der Waals surface area (Å²) in [7, 11) is 0. The number of ether oxygens (including phenoxy) is 1. The van der Waals surface area contributed by atoms with Gasteiger partial charge in [-0.15, -0.1) is 0 Å². The fourth-order valence-electron chi connectivity index (χ4n) is 1.87. The number of amides is 1. The molecule has 4 nitrogen and oxygen atoms in total. The first-order chi connectivity index (χ1) is 8.97. The van der Waals surface area contributed by atoms with Gasteiger partial charge in [0.25, 0.3) is 5.91 Å². The first kappa shape index (κ1) is 13.8. The quantitative estimate of drug-likeness (QED) is 0.827. The first-order valence-corrected chi connectivity index (χ1v) is 6.04. The third-order valence-electron chi connectivity index (χ3n) is 2.78. The Kier molecular flexibility index (Phi) is 4.06. The van der Waals surface area contributed by atoms with Crippen molar-refractivity contribution in [2.75, 3.05) is 19.7 Å². The van der Waals surface area contributed by atoms with Crippen LogP contribution < -0.4 is 5.73 Å². The summed E-state index contributed by atoms with van der Waals surface area (Å²) in [5.41, 5.74) is 5.42. The molecule has 1 saturated heterocycles. The van der Waals surface area contributed by atoms with E-state index in [1.54, 1.807) is 0 Å². The summed E-state index contributed by atoms with van der Waals surface area (Å²) in [6, 6.07) is 2.71. The van der Waals surface area contributed by atoms with Crippen LogP contribution in [0.15, 0.2) is 18.2 Å². The molecule has 7 heteroatoms. The number of carbonyl (C=O) groups is 1. The normalized spacial score (nSPS) is 19.3. The second-order valence-electron chi connectivity index (χ2n) is 4.17. The third-order valence-corrected chi connectivity index (χ3v) is 3.04. The molecule has 2 N–H and O–H groups in total. The van der Waals surface area contributed by atoms with Crippen LogP contribution in [0.2, 0.25) is 0 Å². The molecule has 1 unspecified atom stereocenters. The Balaban J connectivity index is 2.16. The Morgan fingerprint density at radius 1 is 1.37 bits per heavy atom. The Bertz CT molecular complexity index is 504. The lowest BCUT2D eigenvalue weighted by atomic mass is 10.1. The van der Waals surface area contributed by atoms with Crippen molar-refractivity contribution in [2.24, 2.45) is 5.73 Å². The highest BCUT2D eigenvalue weighted by molar-refractivity contribution is 7.80. The second-order valence-corrected chi connectivity index (χ2v) is 4.64. The van der Waals surface area contributed by atoms with Crippen LogP contribution in [0.25, 0.3) is 0 Å². The van der Waals surface area contributed by atoms with Gasteiger partial charge < -0.3 is 15.4 Å². The van der Waals surface area contributed by atoms with Crippen LogP contribution in [-0.2, 0) is 4.74 Å². The molecular weight excluding hydrogens is 274 g/mol. The van der Waals surface area contributed by atoms with Crippen molar-refractivity contribution in [1.82, 2.24) is 4.90 Å². The molecule has 1 aromatic rings. The average Bonchev–Trinajstić information content (AvgIpc) is 2.37. The minimum Gasteiger partial charge on any atom is -0.391 e. The van der Waals surface area contributed by atoms with Gasteiger partial charge >= 0.3 is 0 Å². The van der Waals surface area contributed by atoms with Gasteiger partial charge in [-0.3, -0.25) is 4.79 Å². The number of hydrogen-bond donors (Lipinski definition) is 1. The summed E-state index contributed by atoms with van der Waals surface area (Å²) in [6.45, 7) is 0.800. The first-order valence-electron chi connectivity index (χ1n) is 5.63. The van der Waals surface area contributed by atoms with Crippen molar-refractivity contribution in [2.45, 2.75) is 6.10 Å². The Morgan fingerprint density at radius 2 is 2.00 bits per heavy atom. The van der Waals surface area contributed by atoms with Crippen LogP contribution in [0.5, 0.6) is 0 Å². The molecule has 1 heterocycles. The molecule has 1 amide bonds. The lowest BCUT2D eigenvalue weighted by Gasteiger charge is -2.32. The summed E-state index contributed by atoms with van der Waals surface area (Å²) in [5, 5.41) is 0. The molecule has 2 rings (SSSR count). The number of nitrogens with two attached hydrogens (primary N) is 1. The van der Waals surface area contributed by atoms with E-state index in [0.29, 0.717) is 12.6 Å². The van der Waals surface area contributed by atoms with Gasteiger partial charge in [-0.1, -0.05) is 12.2 Å². The van der Waals surface area contributed by atoms with E-state index in [1.807, 2.05) is 0 Å². The highest BCUT2D eigenvalue weighted by Gasteiger charge is 2.27. The fraction of sp³-hybridized carbons (Fsp3) is 0.333. The molecule has 0 saturated carbocycles. The highest BCUT2D eigenvalue weighted by Crippen LogP contribution is 2.14. The van der Waals surface area contributed by atoms with E-state index >= 15 is 0 Å². The number of hydrogen-bond acceptors (Lipinski definition) is 3. The van der Waals surface area contributed by atoms with Gasteiger partial charge in [0.2, 0.25) is 0 Å².